The second kappa shape index (κ2) is 6.26. The molecule has 5 N–H and O–H groups in total. The van der Waals surface area contributed by atoms with Crippen LogP contribution in [-0.4, -0.2) is 29.2 Å². The van der Waals surface area contributed by atoms with Gasteiger partial charge in [-0.25, -0.2) is 0 Å². The molecule has 0 saturated carbocycles. The van der Waals surface area contributed by atoms with Gasteiger partial charge in [0.2, 0.25) is 5.13 Å². The molecular weight excluding hydrogens is 260 g/mol. The molecule has 1 aromatic heterocycles. The van der Waals surface area contributed by atoms with Crippen LogP contribution in [0.1, 0.15) is 5.56 Å². The number of nitrogens with zero attached hydrogens (tertiary/aromatic N) is 3. The zero-order valence-corrected chi connectivity index (χ0v) is 11.4. The van der Waals surface area contributed by atoms with Crippen LogP contribution in [0.3, 0.4) is 0 Å². The molecule has 19 heavy (non-hydrogen) atoms. The number of aliphatic imine (C=N–C) groups is 1. The summed E-state index contributed by atoms with van der Waals surface area (Å²) in [5.41, 5.74) is 13.3. The lowest BCUT2D eigenvalue weighted by molar-refractivity contribution is 0.971. The Hall–Kier alpha value is -1.99. The Balaban J connectivity index is 2.14. The van der Waals surface area contributed by atoms with Crippen LogP contribution in [0.4, 0.5) is 5.13 Å². The van der Waals surface area contributed by atoms with Gasteiger partial charge in [0.05, 0.1) is 6.54 Å². The molecule has 1 heterocycles. The maximum atomic E-state index is 5.69. The molecule has 6 nitrogen and oxygen atoms in total. The number of nitrogens with one attached hydrogen (secondary N) is 1. The summed E-state index contributed by atoms with van der Waals surface area (Å²) < 4.78 is 0. The molecule has 0 bridgehead atoms. The van der Waals surface area contributed by atoms with Crippen LogP contribution in [0.15, 0.2) is 29.3 Å². The largest absolute Gasteiger partial charge is 0.370 e. The van der Waals surface area contributed by atoms with E-state index in [9.17, 15) is 0 Å². The SMILES string of the molecule is Cc1ccccc1-c1nnc(NC(N)=NCCN)s1. The van der Waals surface area contributed by atoms with Crippen molar-refractivity contribution in [2.45, 2.75) is 6.92 Å². The van der Waals surface area contributed by atoms with Gasteiger partial charge in [-0.3, -0.25) is 4.99 Å². The van der Waals surface area contributed by atoms with E-state index < -0.39 is 0 Å². The van der Waals surface area contributed by atoms with Crippen molar-refractivity contribution in [3.8, 4) is 10.6 Å². The normalized spacial score (nSPS) is 11.6. The number of nitrogens with two attached hydrogens (primary N) is 2. The number of aryl methyl sites for hydroxylation is 1. The quantitative estimate of drug-likeness (QED) is 0.575. The molecule has 100 valence electrons. The predicted octanol–water partition coefficient (Wildman–Crippen LogP) is 1.20. The van der Waals surface area contributed by atoms with Gasteiger partial charge in [0.1, 0.15) is 5.01 Å². The van der Waals surface area contributed by atoms with Crippen molar-refractivity contribution >= 4 is 22.4 Å². The molecule has 0 amide bonds. The van der Waals surface area contributed by atoms with Crippen molar-refractivity contribution in [2.75, 3.05) is 18.4 Å². The van der Waals surface area contributed by atoms with Crippen molar-refractivity contribution in [3.63, 3.8) is 0 Å². The van der Waals surface area contributed by atoms with Crippen LogP contribution in [-0.2, 0) is 0 Å². The fourth-order valence-electron chi connectivity index (χ4n) is 1.53. The van der Waals surface area contributed by atoms with Crippen LogP contribution in [0, 0.1) is 6.92 Å². The van der Waals surface area contributed by atoms with Crippen molar-refractivity contribution in [1.29, 1.82) is 0 Å². The number of hydrogen-bond donors (Lipinski definition) is 3. The van der Waals surface area contributed by atoms with Gasteiger partial charge in [-0.05, 0) is 12.5 Å². The molecule has 0 fully saturated rings. The van der Waals surface area contributed by atoms with E-state index in [1.165, 1.54) is 11.3 Å². The maximum absolute atomic E-state index is 5.69. The van der Waals surface area contributed by atoms with E-state index >= 15 is 0 Å². The van der Waals surface area contributed by atoms with Gasteiger partial charge in [0.15, 0.2) is 5.96 Å². The Morgan fingerprint density at radius 2 is 2.16 bits per heavy atom. The average Bonchev–Trinajstić information content (AvgIpc) is 2.85. The molecule has 0 spiro atoms. The van der Waals surface area contributed by atoms with E-state index in [-0.39, 0.29) is 0 Å². The zero-order valence-electron chi connectivity index (χ0n) is 10.6. The predicted molar refractivity (Wildman–Crippen MR) is 79.2 cm³/mol. The summed E-state index contributed by atoms with van der Waals surface area (Å²) in [6.07, 6.45) is 0. The molecule has 0 saturated heterocycles. The van der Waals surface area contributed by atoms with Crippen molar-refractivity contribution < 1.29 is 0 Å². The average molecular weight is 276 g/mol. The van der Waals surface area contributed by atoms with Gasteiger partial charge in [-0.1, -0.05) is 35.6 Å². The van der Waals surface area contributed by atoms with E-state index in [4.69, 9.17) is 11.5 Å². The molecule has 0 aliphatic heterocycles. The first-order valence-electron chi connectivity index (χ1n) is 5.87. The number of hydrogen-bond acceptors (Lipinski definition) is 5. The molecule has 0 atom stereocenters. The lowest BCUT2D eigenvalue weighted by Crippen LogP contribution is -2.23. The van der Waals surface area contributed by atoms with Crippen LogP contribution in [0.2, 0.25) is 0 Å². The first-order chi connectivity index (χ1) is 9.20. The van der Waals surface area contributed by atoms with E-state index in [2.05, 4.69) is 20.5 Å². The number of guanidine groups is 1. The highest BCUT2D eigenvalue weighted by atomic mass is 32.1. The first-order valence-corrected chi connectivity index (χ1v) is 6.69. The molecule has 2 aromatic rings. The van der Waals surface area contributed by atoms with Crippen LogP contribution >= 0.6 is 11.3 Å². The lowest BCUT2D eigenvalue weighted by Gasteiger charge is -2.00. The van der Waals surface area contributed by atoms with Gasteiger partial charge in [0.25, 0.3) is 0 Å². The summed E-state index contributed by atoms with van der Waals surface area (Å²) in [7, 11) is 0. The zero-order chi connectivity index (χ0) is 13.7. The first kappa shape index (κ1) is 13.4. The molecule has 1 aromatic carbocycles. The van der Waals surface area contributed by atoms with E-state index in [1.807, 2.05) is 31.2 Å². The highest BCUT2D eigenvalue weighted by Gasteiger charge is 2.08. The number of anilines is 1. The topological polar surface area (TPSA) is 102 Å². The lowest BCUT2D eigenvalue weighted by atomic mass is 10.1. The number of rotatable bonds is 4. The van der Waals surface area contributed by atoms with Crippen molar-refractivity contribution in [1.82, 2.24) is 10.2 Å². The van der Waals surface area contributed by atoms with Crippen molar-refractivity contribution in [3.05, 3.63) is 29.8 Å². The summed E-state index contributed by atoms with van der Waals surface area (Å²) >= 11 is 1.44. The van der Waals surface area contributed by atoms with Gasteiger partial charge in [0, 0.05) is 12.1 Å². The molecule has 0 aliphatic rings. The number of benzene rings is 1. The van der Waals surface area contributed by atoms with Gasteiger partial charge >= 0.3 is 0 Å². The third-order valence-corrected chi connectivity index (χ3v) is 3.32. The van der Waals surface area contributed by atoms with Gasteiger partial charge < -0.3 is 16.8 Å². The fourth-order valence-corrected chi connectivity index (χ4v) is 2.37. The Kier molecular flexibility index (Phi) is 4.43. The smallest absolute Gasteiger partial charge is 0.212 e. The highest BCUT2D eigenvalue weighted by Crippen LogP contribution is 2.28. The van der Waals surface area contributed by atoms with Crippen molar-refractivity contribution in [2.24, 2.45) is 16.5 Å². The molecular formula is C12H16N6S. The standard InChI is InChI=1S/C12H16N6S/c1-8-4-2-3-5-9(8)10-17-18-12(19-10)16-11(14)15-7-6-13/h2-5H,6-7,13H2,1H3,(H3,14,15,16,18). The van der Waals surface area contributed by atoms with E-state index in [0.29, 0.717) is 24.2 Å². The minimum atomic E-state index is 0.304. The molecule has 2 rings (SSSR count). The van der Waals surface area contributed by atoms with Crippen LogP contribution < -0.4 is 16.8 Å². The Labute approximate surface area is 115 Å². The summed E-state index contributed by atoms with van der Waals surface area (Å²) in [5.74, 6) is 0.304. The summed E-state index contributed by atoms with van der Waals surface area (Å²) in [6, 6.07) is 8.04. The second-order valence-electron chi connectivity index (χ2n) is 3.91. The van der Waals surface area contributed by atoms with Gasteiger partial charge in [-0.2, -0.15) is 0 Å². The fraction of sp³-hybridized carbons (Fsp3) is 0.250. The molecule has 0 unspecified atom stereocenters. The Morgan fingerprint density at radius 3 is 2.89 bits per heavy atom. The minimum Gasteiger partial charge on any atom is -0.370 e. The molecule has 7 heteroatoms. The number of aromatic nitrogens is 2. The van der Waals surface area contributed by atoms with Crippen LogP contribution in [0.25, 0.3) is 10.6 Å². The molecule has 0 aliphatic carbocycles. The maximum Gasteiger partial charge on any atom is 0.212 e. The Bertz CT molecular complexity index is 577. The third kappa shape index (κ3) is 3.49. The molecule has 0 radical (unpaired) electrons. The highest BCUT2D eigenvalue weighted by molar-refractivity contribution is 7.18. The minimum absolute atomic E-state index is 0.304. The summed E-state index contributed by atoms with van der Waals surface area (Å²) in [5, 5.41) is 12.6. The van der Waals surface area contributed by atoms with Crippen LogP contribution in [0.5, 0.6) is 0 Å². The van der Waals surface area contributed by atoms with E-state index in [1.54, 1.807) is 0 Å². The third-order valence-electron chi connectivity index (χ3n) is 2.45. The monoisotopic (exact) mass is 276 g/mol. The Morgan fingerprint density at radius 1 is 1.37 bits per heavy atom. The van der Waals surface area contributed by atoms with Gasteiger partial charge in [-0.15, -0.1) is 10.2 Å². The van der Waals surface area contributed by atoms with E-state index in [0.717, 1.165) is 16.1 Å². The second-order valence-corrected chi connectivity index (χ2v) is 4.89. The summed E-state index contributed by atoms with van der Waals surface area (Å²) in [6.45, 7) is 3.00. The summed E-state index contributed by atoms with van der Waals surface area (Å²) in [4.78, 5) is 4.03.